The van der Waals surface area contributed by atoms with Crippen molar-refractivity contribution in [2.75, 3.05) is 13.1 Å². The van der Waals surface area contributed by atoms with Crippen molar-refractivity contribution in [3.63, 3.8) is 0 Å². The van der Waals surface area contributed by atoms with Gasteiger partial charge in [0.25, 0.3) is 5.91 Å². The molecule has 0 unspecified atom stereocenters. The summed E-state index contributed by atoms with van der Waals surface area (Å²) < 4.78 is 0. The minimum Gasteiger partial charge on any atom is -0.508 e. The van der Waals surface area contributed by atoms with Gasteiger partial charge < -0.3 is 10.0 Å². The largest absolute Gasteiger partial charge is 0.508 e. The van der Waals surface area contributed by atoms with Gasteiger partial charge in [-0.15, -0.1) is 0 Å². The second kappa shape index (κ2) is 6.41. The molecule has 1 aliphatic rings. The molecular formula is C18H18ClNO2. The van der Waals surface area contributed by atoms with Crippen LogP contribution in [-0.2, 0) is 0 Å². The Morgan fingerprint density at radius 1 is 1.00 bits per heavy atom. The highest BCUT2D eigenvalue weighted by Crippen LogP contribution is 2.29. The Hall–Kier alpha value is -2.00. The number of nitrogens with zero attached hydrogens (tertiary/aromatic N) is 1. The molecule has 2 aromatic rings. The summed E-state index contributed by atoms with van der Waals surface area (Å²) in [7, 11) is 0. The zero-order valence-electron chi connectivity index (χ0n) is 12.2. The molecule has 1 fully saturated rings. The molecule has 1 aliphatic heterocycles. The van der Waals surface area contributed by atoms with E-state index in [1.807, 2.05) is 17.0 Å². The van der Waals surface area contributed by atoms with Gasteiger partial charge in [0.05, 0.1) is 0 Å². The predicted octanol–water partition coefficient (Wildman–Crippen LogP) is 4.07. The molecule has 0 radical (unpaired) electrons. The number of rotatable bonds is 2. The molecule has 2 aromatic carbocycles. The molecule has 114 valence electrons. The van der Waals surface area contributed by atoms with E-state index in [-0.39, 0.29) is 5.91 Å². The lowest BCUT2D eigenvalue weighted by Gasteiger charge is -2.32. The van der Waals surface area contributed by atoms with E-state index >= 15 is 0 Å². The van der Waals surface area contributed by atoms with Gasteiger partial charge in [-0.1, -0.05) is 23.7 Å². The van der Waals surface area contributed by atoms with Crippen molar-refractivity contribution in [2.24, 2.45) is 0 Å². The number of hydrogen-bond donors (Lipinski definition) is 1. The first-order valence-electron chi connectivity index (χ1n) is 7.47. The van der Waals surface area contributed by atoms with Gasteiger partial charge in [-0.25, -0.2) is 0 Å². The summed E-state index contributed by atoms with van der Waals surface area (Å²) in [6, 6.07) is 14.4. The van der Waals surface area contributed by atoms with Crippen LogP contribution in [0, 0.1) is 0 Å². The molecule has 0 spiro atoms. The highest BCUT2D eigenvalue weighted by atomic mass is 35.5. The lowest BCUT2D eigenvalue weighted by Crippen LogP contribution is -2.37. The Balaban J connectivity index is 1.62. The third-order valence-corrected chi connectivity index (χ3v) is 4.49. The van der Waals surface area contributed by atoms with Gasteiger partial charge in [0, 0.05) is 23.7 Å². The van der Waals surface area contributed by atoms with Crippen molar-refractivity contribution in [1.29, 1.82) is 0 Å². The molecule has 0 aliphatic carbocycles. The summed E-state index contributed by atoms with van der Waals surface area (Å²) in [6.07, 6.45) is 1.90. The maximum absolute atomic E-state index is 12.4. The quantitative estimate of drug-likeness (QED) is 0.907. The first-order valence-corrected chi connectivity index (χ1v) is 7.85. The Labute approximate surface area is 135 Å². The minimum absolute atomic E-state index is 0.0702. The maximum atomic E-state index is 12.4. The summed E-state index contributed by atoms with van der Waals surface area (Å²) in [6.45, 7) is 1.51. The number of halogens is 1. The van der Waals surface area contributed by atoms with Gasteiger partial charge >= 0.3 is 0 Å². The molecular weight excluding hydrogens is 298 g/mol. The van der Waals surface area contributed by atoms with Crippen LogP contribution in [0.15, 0.2) is 48.5 Å². The van der Waals surface area contributed by atoms with Crippen LogP contribution in [0.3, 0.4) is 0 Å². The first kappa shape index (κ1) is 14.9. The van der Waals surface area contributed by atoms with Gasteiger partial charge in [-0.3, -0.25) is 4.79 Å². The minimum atomic E-state index is 0.0702. The van der Waals surface area contributed by atoms with Crippen molar-refractivity contribution in [3.8, 4) is 5.75 Å². The van der Waals surface area contributed by atoms with Gasteiger partial charge in [-0.05, 0) is 60.7 Å². The van der Waals surface area contributed by atoms with Crippen LogP contribution >= 0.6 is 11.6 Å². The number of piperidine rings is 1. The molecule has 0 bridgehead atoms. The fraction of sp³-hybridized carbons (Fsp3) is 0.278. The maximum Gasteiger partial charge on any atom is 0.253 e. The average Bonchev–Trinajstić information content (AvgIpc) is 2.56. The molecule has 1 heterocycles. The fourth-order valence-corrected chi connectivity index (χ4v) is 3.06. The lowest BCUT2D eigenvalue weighted by atomic mass is 9.89. The summed E-state index contributed by atoms with van der Waals surface area (Å²) in [4.78, 5) is 14.4. The zero-order chi connectivity index (χ0) is 15.5. The molecule has 1 amide bonds. The van der Waals surface area contributed by atoms with Gasteiger partial charge in [0.1, 0.15) is 5.75 Å². The molecule has 0 saturated carbocycles. The van der Waals surface area contributed by atoms with Crippen LogP contribution in [0.2, 0.25) is 5.02 Å². The fourth-order valence-electron chi connectivity index (χ4n) is 2.94. The first-order chi connectivity index (χ1) is 10.6. The second-order valence-corrected chi connectivity index (χ2v) is 6.10. The van der Waals surface area contributed by atoms with E-state index in [4.69, 9.17) is 11.6 Å². The zero-order valence-corrected chi connectivity index (χ0v) is 13.0. The number of amides is 1. The smallest absolute Gasteiger partial charge is 0.253 e. The molecule has 3 rings (SSSR count). The van der Waals surface area contributed by atoms with Crippen molar-refractivity contribution in [2.45, 2.75) is 18.8 Å². The summed E-state index contributed by atoms with van der Waals surface area (Å²) in [5, 5.41) is 9.99. The number of hydrogen-bond acceptors (Lipinski definition) is 2. The third kappa shape index (κ3) is 3.25. The van der Waals surface area contributed by atoms with Crippen LogP contribution in [-0.4, -0.2) is 29.0 Å². The van der Waals surface area contributed by atoms with E-state index in [0.29, 0.717) is 22.3 Å². The Bertz CT molecular complexity index is 644. The lowest BCUT2D eigenvalue weighted by molar-refractivity contribution is 0.0713. The summed E-state index contributed by atoms with van der Waals surface area (Å²) in [5.41, 5.74) is 1.92. The predicted molar refractivity (Wildman–Crippen MR) is 87.4 cm³/mol. The van der Waals surface area contributed by atoms with Crippen molar-refractivity contribution in [3.05, 3.63) is 64.7 Å². The van der Waals surface area contributed by atoms with Crippen LogP contribution in [0.1, 0.15) is 34.7 Å². The topological polar surface area (TPSA) is 40.5 Å². The Morgan fingerprint density at radius 3 is 2.18 bits per heavy atom. The molecule has 0 aromatic heterocycles. The van der Waals surface area contributed by atoms with Gasteiger partial charge in [-0.2, -0.15) is 0 Å². The molecule has 0 atom stereocenters. The monoisotopic (exact) mass is 315 g/mol. The standard InChI is InChI=1S/C18H18ClNO2/c19-16-5-1-15(2-6-16)18(22)20-11-9-14(10-12-20)13-3-7-17(21)8-4-13/h1-8,14,21H,9-12H2. The van der Waals surface area contributed by atoms with Crippen molar-refractivity contribution in [1.82, 2.24) is 4.90 Å². The van der Waals surface area contributed by atoms with E-state index in [2.05, 4.69) is 0 Å². The number of phenols is 1. The van der Waals surface area contributed by atoms with E-state index < -0.39 is 0 Å². The summed E-state index contributed by atoms with van der Waals surface area (Å²) in [5.74, 6) is 0.815. The molecule has 22 heavy (non-hydrogen) atoms. The Kier molecular flexibility index (Phi) is 4.34. The molecule has 3 nitrogen and oxygen atoms in total. The number of likely N-dealkylation sites (tertiary alicyclic amines) is 1. The van der Waals surface area contributed by atoms with Crippen molar-refractivity contribution >= 4 is 17.5 Å². The van der Waals surface area contributed by atoms with E-state index in [0.717, 1.165) is 25.9 Å². The van der Waals surface area contributed by atoms with Gasteiger partial charge in [0.15, 0.2) is 0 Å². The molecule has 1 saturated heterocycles. The molecule has 1 N–H and O–H groups in total. The van der Waals surface area contributed by atoms with Crippen LogP contribution in [0.4, 0.5) is 0 Å². The third-order valence-electron chi connectivity index (χ3n) is 4.24. The molecule has 4 heteroatoms. The number of carbonyl (C=O) groups excluding carboxylic acids is 1. The van der Waals surface area contributed by atoms with E-state index in [9.17, 15) is 9.90 Å². The number of benzene rings is 2. The van der Waals surface area contributed by atoms with Crippen LogP contribution in [0.25, 0.3) is 0 Å². The van der Waals surface area contributed by atoms with Crippen molar-refractivity contribution < 1.29 is 9.90 Å². The van der Waals surface area contributed by atoms with Crippen LogP contribution in [0.5, 0.6) is 5.75 Å². The number of carbonyl (C=O) groups is 1. The van der Waals surface area contributed by atoms with E-state index in [1.165, 1.54) is 5.56 Å². The van der Waals surface area contributed by atoms with E-state index in [1.54, 1.807) is 36.4 Å². The highest BCUT2D eigenvalue weighted by Gasteiger charge is 2.24. The normalized spacial score (nSPS) is 15.8. The SMILES string of the molecule is O=C(c1ccc(Cl)cc1)N1CCC(c2ccc(O)cc2)CC1. The highest BCUT2D eigenvalue weighted by molar-refractivity contribution is 6.30. The summed E-state index contributed by atoms with van der Waals surface area (Å²) >= 11 is 5.86. The number of aromatic hydroxyl groups is 1. The second-order valence-electron chi connectivity index (χ2n) is 5.66. The van der Waals surface area contributed by atoms with Crippen LogP contribution < -0.4 is 0 Å². The van der Waals surface area contributed by atoms with Gasteiger partial charge in [0.2, 0.25) is 0 Å². The Morgan fingerprint density at radius 2 is 1.59 bits per heavy atom. The average molecular weight is 316 g/mol. The number of phenolic OH excluding ortho intramolecular Hbond substituents is 1.